The lowest BCUT2D eigenvalue weighted by atomic mass is 9.99. The molecule has 3 atom stereocenters. The van der Waals surface area contributed by atoms with Gasteiger partial charge in [-0.05, 0) is 52.2 Å². The van der Waals surface area contributed by atoms with Gasteiger partial charge in [-0.1, -0.05) is 17.7 Å². The molecule has 5 heteroatoms. The fourth-order valence-corrected chi connectivity index (χ4v) is 4.62. The minimum Gasteiger partial charge on any atom is -0.373 e. The van der Waals surface area contributed by atoms with Crippen molar-refractivity contribution in [3.05, 3.63) is 34.9 Å². The van der Waals surface area contributed by atoms with E-state index in [1.54, 1.807) is 0 Å². The van der Waals surface area contributed by atoms with Crippen molar-refractivity contribution in [2.75, 3.05) is 26.2 Å². The number of nitrogens with zero attached hydrogens (tertiary/aromatic N) is 2. The molecule has 0 aliphatic carbocycles. The molecule has 0 saturated carbocycles. The Balaban J connectivity index is 1.54. The molecule has 0 spiro atoms. The average molecular weight is 387 g/mol. The highest BCUT2D eigenvalue weighted by molar-refractivity contribution is 5.99. The molecule has 3 rings (SSSR count). The van der Waals surface area contributed by atoms with Gasteiger partial charge in [0.1, 0.15) is 0 Å². The maximum Gasteiger partial charge on any atom is 0.223 e. The van der Waals surface area contributed by atoms with Gasteiger partial charge in [-0.2, -0.15) is 0 Å². The Morgan fingerprint density at radius 3 is 2.54 bits per heavy atom. The van der Waals surface area contributed by atoms with Gasteiger partial charge in [-0.15, -0.1) is 0 Å². The van der Waals surface area contributed by atoms with E-state index >= 15 is 0 Å². The van der Waals surface area contributed by atoms with Crippen LogP contribution < -0.4 is 0 Å². The monoisotopic (exact) mass is 386 g/mol. The van der Waals surface area contributed by atoms with Gasteiger partial charge in [-0.3, -0.25) is 14.5 Å². The van der Waals surface area contributed by atoms with Crippen molar-refractivity contribution < 1.29 is 14.3 Å². The van der Waals surface area contributed by atoms with E-state index in [-0.39, 0.29) is 36.4 Å². The average Bonchev–Trinajstić information content (AvgIpc) is 3.08. The van der Waals surface area contributed by atoms with E-state index in [2.05, 4.69) is 18.7 Å². The molecular weight excluding hydrogens is 352 g/mol. The van der Waals surface area contributed by atoms with Crippen molar-refractivity contribution >= 4 is 11.7 Å². The fraction of sp³-hybridized carbons (Fsp3) is 0.652. The first-order valence-electron chi connectivity index (χ1n) is 10.6. The first-order valence-corrected chi connectivity index (χ1v) is 10.6. The van der Waals surface area contributed by atoms with E-state index in [4.69, 9.17) is 4.74 Å². The van der Waals surface area contributed by atoms with Crippen molar-refractivity contribution in [3.8, 4) is 0 Å². The number of rotatable bonds is 6. The van der Waals surface area contributed by atoms with Gasteiger partial charge in [0.05, 0.1) is 12.2 Å². The number of morpholine rings is 1. The molecule has 1 aromatic rings. The van der Waals surface area contributed by atoms with E-state index in [9.17, 15) is 9.59 Å². The van der Waals surface area contributed by atoms with Crippen LogP contribution in [-0.2, 0) is 9.53 Å². The van der Waals surface area contributed by atoms with Crippen LogP contribution in [0, 0.1) is 13.8 Å². The largest absolute Gasteiger partial charge is 0.373 e. The van der Waals surface area contributed by atoms with Crippen LogP contribution in [0.3, 0.4) is 0 Å². The Morgan fingerprint density at radius 2 is 1.82 bits per heavy atom. The van der Waals surface area contributed by atoms with Crippen LogP contribution in [-0.4, -0.2) is 65.9 Å². The number of ether oxygens (including phenoxy) is 1. The third-order valence-corrected chi connectivity index (χ3v) is 5.92. The van der Waals surface area contributed by atoms with E-state index in [1.807, 2.05) is 36.9 Å². The van der Waals surface area contributed by atoms with Gasteiger partial charge >= 0.3 is 0 Å². The number of carbonyl (C=O) groups is 2. The van der Waals surface area contributed by atoms with Crippen molar-refractivity contribution in [2.45, 2.75) is 71.6 Å². The van der Waals surface area contributed by atoms with Crippen LogP contribution in [0.2, 0.25) is 0 Å². The maximum absolute atomic E-state index is 12.8. The lowest BCUT2D eigenvalue weighted by Gasteiger charge is -2.38. The zero-order valence-corrected chi connectivity index (χ0v) is 17.7. The quantitative estimate of drug-likeness (QED) is 0.704. The first kappa shape index (κ1) is 21.0. The number of hydrogen-bond donors (Lipinski definition) is 0. The summed E-state index contributed by atoms with van der Waals surface area (Å²) in [6.45, 7) is 11.7. The molecule has 154 valence electrons. The summed E-state index contributed by atoms with van der Waals surface area (Å²) in [7, 11) is 0. The van der Waals surface area contributed by atoms with Crippen molar-refractivity contribution in [1.82, 2.24) is 9.80 Å². The van der Waals surface area contributed by atoms with Crippen LogP contribution in [0.4, 0.5) is 0 Å². The second-order valence-electron chi connectivity index (χ2n) is 8.60. The van der Waals surface area contributed by atoms with Crippen LogP contribution in [0.5, 0.6) is 0 Å². The summed E-state index contributed by atoms with van der Waals surface area (Å²) in [5.41, 5.74) is 2.81. The molecule has 5 nitrogen and oxygen atoms in total. The molecule has 1 aromatic carbocycles. The lowest BCUT2D eigenvalue weighted by Crippen LogP contribution is -2.50. The highest BCUT2D eigenvalue weighted by Crippen LogP contribution is 2.22. The molecule has 0 bridgehead atoms. The van der Waals surface area contributed by atoms with E-state index < -0.39 is 0 Å². The SMILES string of the molecule is Cc1ccc(C)c(C(=O)CCC(=O)N2CCCC2CN2CC(C)OC(C)C2)c1. The van der Waals surface area contributed by atoms with Gasteiger partial charge in [0.15, 0.2) is 5.78 Å². The van der Waals surface area contributed by atoms with Gasteiger partial charge < -0.3 is 9.64 Å². The molecule has 2 fully saturated rings. The number of Topliss-reactive ketones (excluding diaryl/α,β-unsaturated/α-hetero) is 1. The predicted molar refractivity (Wildman–Crippen MR) is 111 cm³/mol. The van der Waals surface area contributed by atoms with Gasteiger partial charge in [0.2, 0.25) is 5.91 Å². The van der Waals surface area contributed by atoms with Crippen molar-refractivity contribution in [3.63, 3.8) is 0 Å². The van der Waals surface area contributed by atoms with E-state index in [1.165, 1.54) is 0 Å². The molecule has 2 heterocycles. The number of carbonyl (C=O) groups excluding carboxylic acids is 2. The molecule has 0 radical (unpaired) electrons. The molecule has 1 amide bonds. The second-order valence-corrected chi connectivity index (χ2v) is 8.60. The lowest BCUT2D eigenvalue weighted by molar-refractivity contribution is -0.133. The highest BCUT2D eigenvalue weighted by atomic mass is 16.5. The molecule has 2 aliphatic rings. The van der Waals surface area contributed by atoms with Gasteiger partial charge in [-0.25, -0.2) is 0 Å². The Bertz CT molecular complexity index is 708. The van der Waals surface area contributed by atoms with E-state index in [0.717, 1.165) is 55.7 Å². The summed E-state index contributed by atoms with van der Waals surface area (Å²) in [4.78, 5) is 29.9. The van der Waals surface area contributed by atoms with Gasteiger partial charge in [0.25, 0.3) is 0 Å². The molecule has 0 aromatic heterocycles. The maximum atomic E-state index is 12.8. The normalized spacial score (nSPS) is 25.9. The van der Waals surface area contributed by atoms with Crippen molar-refractivity contribution in [1.29, 1.82) is 0 Å². The summed E-state index contributed by atoms with van der Waals surface area (Å²) in [5, 5.41) is 0. The van der Waals surface area contributed by atoms with Crippen molar-refractivity contribution in [2.24, 2.45) is 0 Å². The summed E-state index contributed by atoms with van der Waals surface area (Å²) in [6.07, 6.45) is 3.18. The minimum absolute atomic E-state index is 0.0705. The topological polar surface area (TPSA) is 49.9 Å². The minimum atomic E-state index is 0.0705. The molecule has 3 unspecified atom stereocenters. The van der Waals surface area contributed by atoms with Gasteiger partial charge in [0, 0.05) is 50.6 Å². The second kappa shape index (κ2) is 9.19. The van der Waals surface area contributed by atoms with Crippen LogP contribution >= 0.6 is 0 Å². The summed E-state index contributed by atoms with van der Waals surface area (Å²) >= 11 is 0. The standard InChI is InChI=1S/C23H34N2O3/c1-16-7-8-17(2)21(12-16)22(26)9-10-23(27)25-11-5-6-20(25)15-24-13-18(3)28-19(4)14-24/h7-8,12,18-20H,5-6,9-11,13-15H2,1-4H3. The molecule has 28 heavy (non-hydrogen) atoms. The molecule has 0 N–H and O–H groups in total. The number of hydrogen-bond acceptors (Lipinski definition) is 4. The van der Waals surface area contributed by atoms with Crippen LogP contribution in [0.25, 0.3) is 0 Å². The van der Waals surface area contributed by atoms with Crippen LogP contribution in [0.15, 0.2) is 18.2 Å². The summed E-state index contributed by atoms with van der Waals surface area (Å²) < 4.78 is 5.82. The Hall–Kier alpha value is -1.72. The Morgan fingerprint density at radius 1 is 1.11 bits per heavy atom. The highest BCUT2D eigenvalue weighted by Gasteiger charge is 2.32. The zero-order chi connectivity index (χ0) is 20.3. The summed E-state index contributed by atoms with van der Waals surface area (Å²) in [5.74, 6) is 0.191. The predicted octanol–water partition coefficient (Wildman–Crippen LogP) is 3.37. The zero-order valence-electron chi connectivity index (χ0n) is 17.7. The number of likely N-dealkylation sites (tertiary alicyclic amines) is 1. The third-order valence-electron chi connectivity index (χ3n) is 5.92. The number of aryl methyl sites for hydroxylation is 2. The van der Waals surface area contributed by atoms with E-state index in [0.29, 0.717) is 6.42 Å². The molecular formula is C23H34N2O3. The number of amides is 1. The fourth-order valence-electron chi connectivity index (χ4n) is 4.62. The number of benzene rings is 1. The third kappa shape index (κ3) is 5.21. The Labute approximate surface area is 169 Å². The Kier molecular flexibility index (Phi) is 6.89. The molecule has 2 aliphatic heterocycles. The van der Waals surface area contributed by atoms with Crippen LogP contribution in [0.1, 0.15) is 61.0 Å². The smallest absolute Gasteiger partial charge is 0.223 e. The summed E-state index contributed by atoms with van der Waals surface area (Å²) in [6, 6.07) is 6.19. The first-order chi connectivity index (χ1) is 13.3. The number of ketones is 1. The molecule has 2 saturated heterocycles.